The van der Waals surface area contributed by atoms with Gasteiger partial charge in [-0.15, -0.1) is 0 Å². The van der Waals surface area contributed by atoms with Crippen LogP contribution in [0.2, 0.25) is 0 Å². The normalized spacial score (nSPS) is 23.1. The Labute approximate surface area is 120 Å². The molecule has 1 saturated carbocycles. The Morgan fingerprint density at radius 3 is 2.80 bits per heavy atom. The van der Waals surface area contributed by atoms with Crippen LogP contribution in [0.4, 0.5) is 5.95 Å². The van der Waals surface area contributed by atoms with Crippen molar-refractivity contribution in [2.24, 2.45) is 0 Å². The minimum Gasteiger partial charge on any atom is -0.377 e. The van der Waals surface area contributed by atoms with E-state index in [2.05, 4.69) is 27.1 Å². The minimum atomic E-state index is 0.327. The number of piperidine rings is 1. The maximum Gasteiger partial charge on any atom is 0.225 e. The van der Waals surface area contributed by atoms with Crippen LogP contribution < -0.4 is 10.2 Å². The lowest BCUT2D eigenvalue weighted by atomic mass is 10.1. The van der Waals surface area contributed by atoms with Crippen molar-refractivity contribution in [2.75, 3.05) is 24.6 Å². The smallest absolute Gasteiger partial charge is 0.225 e. The predicted molar refractivity (Wildman–Crippen MR) is 78.8 cm³/mol. The molecule has 0 amide bonds. The number of ether oxygens (including phenoxy) is 1. The standard InChI is InChI=1S/C15H24N4O/c1-2-20-14-4-3-7-19(11-14)15-17-9-12(10-18-15)8-16-13-5-6-13/h9-10,13-14,16H,2-8,11H2,1H3. The van der Waals surface area contributed by atoms with Gasteiger partial charge < -0.3 is 15.0 Å². The van der Waals surface area contributed by atoms with Gasteiger partial charge in [0.2, 0.25) is 5.95 Å². The first-order valence-corrected chi connectivity index (χ1v) is 7.76. The number of nitrogens with zero attached hydrogens (tertiary/aromatic N) is 3. The summed E-state index contributed by atoms with van der Waals surface area (Å²) in [5, 5.41) is 3.48. The van der Waals surface area contributed by atoms with Gasteiger partial charge in [0.05, 0.1) is 6.10 Å². The van der Waals surface area contributed by atoms with Gasteiger partial charge in [0.15, 0.2) is 0 Å². The van der Waals surface area contributed by atoms with Crippen LogP contribution in [0.5, 0.6) is 0 Å². The zero-order valence-electron chi connectivity index (χ0n) is 12.2. The molecule has 3 rings (SSSR count). The molecule has 0 bridgehead atoms. The van der Waals surface area contributed by atoms with Crippen molar-refractivity contribution in [3.63, 3.8) is 0 Å². The molecule has 1 N–H and O–H groups in total. The lowest BCUT2D eigenvalue weighted by Crippen LogP contribution is -2.40. The van der Waals surface area contributed by atoms with E-state index in [1.807, 2.05) is 12.4 Å². The fourth-order valence-electron chi connectivity index (χ4n) is 2.64. The van der Waals surface area contributed by atoms with Gasteiger partial charge in [-0.25, -0.2) is 9.97 Å². The van der Waals surface area contributed by atoms with E-state index in [1.165, 1.54) is 18.4 Å². The molecule has 2 heterocycles. The second-order valence-electron chi connectivity index (χ2n) is 5.71. The number of rotatable bonds is 6. The third-order valence-electron chi connectivity index (χ3n) is 3.93. The summed E-state index contributed by atoms with van der Waals surface area (Å²) in [7, 11) is 0. The van der Waals surface area contributed by atoms with Crippen LogP contribution in [0, 0.1) is 0 Å². The summed E-state index contributed by atoms with van der Waals surface area (Å²) in [6.07, 6.45) is 9.14. The van der Waals surface area contributed by atoms with E-state index in [0.717, 1.165) is 51.1 Å². The molecule has 0 radical (unpaired) electrons. The van der Waals surface area contributed by atoms with Crippen LogP contribution in [-0.2, 0) is 11.3 Å². The van der Waals surface area contributed by atoms with Gasteiger partial charge in [0.25, 0.3) is 0 Å². The van der Waals surface area contributed by atoms with Crippen LogP contribution >= 0.6 is 0 Å². The average molecular weight is 276 g/mol. The summed E-state index contributed by atoms with van der Waals surface area (Å²) in [4.78, 5) is 11.3. The lowest BCUT2D eigenvalue weighted by Gasteiger charge is -2.32. The van der Waals surface area contributed by atoms with Gasteiger partial charge in [-0.2, -0.15) is 0 Å². The molecule has 1 atom stereocenters. The van der Waals surface area contributed by atoms with Crippen LogP contribution in [0.3, 0.4) is 0 Å². The third-order valence-corrected chi connectivity index (χ3v) is 3.93. The van der Waals surface area contributed by atoms with Crippen molar-refractivity contribution in [2.45, 2.75) is 51.3 Å². The van der Waals surface area contributed by atoms with Gasteiger partial charge in [-0.1, -0.05) is 0 Å². The molecule has 1 saturated heterocycles. The quantitative estimate of drug-likeness (QED) is 0.857. The first-order valence-electron chi connectivity index (χ1n) is 7.76. The molecular formula is C15H24N4O. The second-order valence-corrected chi connectivity index (χ2v) is 5.71. The van der Waals surface area contributed by atoms with E-state index >= 15 is 0 Å². The minimum absolute atomic E-state index is 0.327. The molecule has 2 fully saturated rings. The fraction of sp³-hybridized carbons (Fsp3) is 0.733. The Morgan fingerprint density at radius 2 is 2.10 bits per heavy atom. The summed E-state index contributed by atoms with van der Waals surface area (Å²) in [6, 6.07) is 0.726. The molecular weight excluding hydrogens is 252 g/mol. The van der Waals surface area contributed by atoms with E-state index in [0.29, 0.717) is 6.10 Å². The van der Waals surface area contributed by atoms with Gasteiger partial charge >= 0.3 is 0 Å². The number of hydrogen-bond acceptors (Lipinski definition) is 5. The molecule has 5 nitrogen and oxygen atoms in total. The third kappa shape index (κ3) is 3.67. The lowest BCUT2D eigenvalue weighted by molar-refractivity contribution is 0.0523. The van der Waals surface area contributed by atoms with Crippen molar-refractivity contribution in [3.05, 3.63) is 18.0 Å². The van der Waals surface area contributed by atoms with Crippen LogP contribution in [-0.4, -0.2) is 41.8 Å². The number of anilines is 1. The maximum atomic E-state index is 5.72. The largest absolute Gasteiger partial charge is 0.377 e. The van der Waals surface area contributed by atoms with Crippen molar-refractivity contribution in [3.8, 4) is 0 Å². The van der Waals surface area contributed by atoms with E-state index in [9.17, 15) is 0 Å². The molecule has 1 aliphatic carbocycles. The van der Waals surface area contributed by atoms with Gasteiger partial charge in [0.1, 0.15) is 0 Å². The summed E-state index contributed by atoms with van der Waals surface area (Å²) in [6.45, 7) is 5.66. The molecule has 2 aliphatic rings. The fourth-order valence-corrected chi connectivity index (χ4v) is 2.64. The van der Waals surface area contributed by atoms with E-state index in [-0.39, 0.29) is 0 Å². The molecule has 0 aromatic carbocycles. The Morgan fingerprint density at radius 1 is 1.30 bits per heavy atom. The van der Waals surface area contributed by atoms with Crippen molar-refractivity contribution >= 4 is 5.95 Å². The Kier molecular flexibility index (Phi) is 4.47. The second kappa shape index (κ2) is 6.50. The number of aromatic nitrogens is 2. The zero-order chi connectivity index (χ0) is 13.8. The monoisotopic (exact) mass is 276 g/mol. The Balaban J connectivity index is 1.55. The van der Waals surface area contributed by atoms with Crippen molar-refractivity contribution in [1.82, 2.24) is 15.3 Å². The summed E-state index contributed by atoms with van der Waals surface area (Å²) < 4.78 is 5.72. The molecule has 5 heteroatoms. The summed E-state index contributed by atoms with van der Waals surface area (Å²) in [5.41, 5.74) is 1.17. The van der Waals surface area contributed by atoms with Gasteiger partial charge in [0, 0.05) is 50.2 Å². The van der Waals surface area contributed by atoms with Gasteiger partial charge in [-0.05, 0) is 32.6 Å². The summed E-state index contributed by atoms with van der Waals surface area (Å²) >= 11 is 0. The van der Waals surface area contributed by atoms with E-state index < -0.39 is 0 Å². The SMILES string of the molecule is CCOC1CCCN(c2ncc(CNC3CC3)cn2)C1. The highest BCUT2D eigenvalue weighted by Gasteiger charge is 2.22. The van der Waals surface area contributed by atoms with Gasteiger partial charge in [-0.3, -0.25) is 0 Å². The van der Waals surface area contributed by atoms with E-state index in [4.69, 9.17) is 4.74 Å². The molecule has 20 heavy (non-hydrogen) atoms. The van der Waals surface area contributed by atoms with E-state index in [1.54, 1.807) is 0 Å². The molecule has 1 aromatic heterocycles. The first kappa shape index (κ1) is 13.8. The Hall–Kier alpha value is -1.20. The van der Waals surface area contributed by atoms with Crippen molar-refractivity contribution < 1.29 is 4.74 Å². The highest BCUT2D eigenvalue weighted by Crippen LogP contribution is 2.20. The summed E-state index contributed by atoms with van der Waals surface area (Å²) in [5.74, 6) is 0.838. The van der Waals surface area contributed by atoms with Crippen LogP contribution in [0.25, 0.3) is 0 Å². The van der Waals surface area contributed by atoms with Crippen LogP contribution in [0.1, 0.15) is 38.2 Å². The number of nitrogens with one attached hydrogen (secondary N) is 1. The molecule has 1 unspecified atom stereocenters. The maximum absolute atomic E-state index is 5.72. The van der Waals surface area contributed by atoms with Crippen molar-refractivity contribution in [1.29, 1.82) is 0 Å². The topological polar surface area (TPSA) is 50.3 Å². The zero-order valence-corrected chi connectivity index (χ0v) is 12.2. The Bertz CT molecular complexity index is 416. The molecule has 110 valence electrons. The number of hydrogen-bond donors (Lipinski definition) is 1. The molecule has 1 aliphatic heterocycles. The highest BCUT2D eigenvalue weighted by molar-refractivity contribution is 5.30. The predicted octanol–water partition coefficient (Wildman–Crippen LogP) is 1.73. The molecule has 0 spiro atoms. The first-order chi connectivity index (χ1) is 9.85. The average Bonchev–Trinajstić information content (AvgIpc) is 3.31. The van der Waals surface area contributed by atoms with Crippen LogP contribution in [0.15, 0.2) is 12.4 Å². The highest BCUT2D eigenvalue weighted by atomic mass is 16.5. The molecule has 1 aromatic rings.